The van der Waals surface area contributed by atoms with Gasteiger partial charge in [0.2, 0.25) is 0 Å². The van der Waals surface area contributed by atoms with Crippen LogP contribution in [0.3, 0.4) is 0 Å². The fourth-order valence-corrected chi connectivity index (χ4v) is 24.8. The molecule has 3 saturated carbocycles. The summed E-state index contributed by atoms with van der Waals surface area (Å²) in [5.41, 5.74) is 29.3. The zero-order valence-corrected chi connectivity index (χ0v) is 76.0. The van der Waals surface area contributed by atoms with Gasteiger partial charge >= 0.3 is 0 Å². The van der Waals surface area contributed by atoms with Crippen molar-refractivity contribution in [3.8, 4) is 85.0 Å². The topological polar surface area (TPSA) is 372 Å². The van der Waals surface area contributed by atoms with Gasteiger partial charge in [-0.05, 0) is 212 Å². The van der Waals surface area contributed by atoms with E-state index in [2.05, 4.69) is 122 Å². The highest BCUT2D eigenvalue weighted by Gasteiger charge is 2.47. The van der Waals surface area contributed by atoms with Gasteiger partial charge < -0.3 is 18.9 Å². The molecule has 0 spiro atoms. The van der Waals surface area contributed by atoms with Crippen molar-refractivity contribution in [1.29, 1.82) is 15.8 Å². The SMILES string of the molecule is COC1c2nn(C3CCCCO3)cc2-c2ccnc3c2C1C=C3.COC1c2nn(C3CCCCO3)cc2-c2ccnc3c2C1C=C3.N#CCC(C1CCCC1)n1cc2c(n1)C(=O)C1C=Cc3nccc-2c31.N#CCC(C1CCCC1)n1ncc2c1C(=O)C1C=Cc3nccc-2c31.N#CC[C@@H](C1CCCC1)n1cc2c(n1)C(=O)C1C=Cc3nccc-2c31.O=C1c2[nH]ncc2-c2ccnc3c2C1C=C3. The predicted octanol–water partition coefficient (Wildman–Crippen LogP) is 20.4. The Bertz CT molecular complexity index is 6910. The van der Waals surface area contributed by atoms with E-state index in [9.17, 15) is 35.0 Å². The molecule has 29 heteroatoms. The highest BCUT2D eigenvalue weighted by molar-refractivity contribution is 6.15. The van der Waals surface area contributed by atoms with Crippen LogP contribution < -0.4 is 0 Å². The van der Waals surface area contributed by atoms with Gasteiger partial charge in [-0.25, -0.2) is 9.36 Å². The number of aromatic nitrogens is 18. The highest BCUT2D eigenvalue weighted by Crippen LogP contribution is 2.57. The quantitative estimate of drug-likeness (QED) is 0.112. The van der Waals surface area contributed by atoms with Gasteiger partial charge in [0.1, 0.15) is 58.8 Å². The van der Waals surface area contributed by atoms with Gasteiger partial charge in [-0.3, -0.25) is 68.2 Å². The lowest BCUT2D eigenvalue weighted by molar-refractivity contribution is -0.0404. The molecule has 13 atom stereocenters. The minimum Gasteiger partial charge on any atom is -0.374 e. The van der Waals surface area contributed by atoms with Crippen molar-refractivity contribution in [3.05, 3.63) is 249 Å². The Balaban J connectivity index is 0.0000000901. The maximum Gasteiger partial charge on any atom is 0.195 e. The van der Waals surface area contributed by atoms with Gasteiger partial charge in [-0.1, -0.05) is 75.0 Å². The number of nitrogens with zero attached hydrogens (tertiary/aromatic N) is 20. The van der Waals surface area contributed by atoms with Crippen LogP contribution in [0, 0.1) is 51.7 Å². The Morgan fingerprint density at radius 1 is 0.387 bits per heavy atom. The molecule has 0 bridgehead atoms. The monoisotopic (exact) mass is 1820 g/mol. The summed E-state index contributed by atoms with van der Waals surface area (Å²) in [6.45, 7) is 1.64. The molecule has 14 heterocycles. The number of carbonyl (C=O) groups is 4. The third-order valence-electron chi connectivity index (χ3n) is 31.3. The van der Waals surface area contributed by atoms with E-state index in [1.807, 2.05) is 121 Å². The second-order valence-electron chi connectivity index (χ2n) is 38.5. The van der Waals surface area contributed by atoms with Crippen LogP contribution in [-0.4, -0.2) is 140 Å². The van der Waals surface area contributed by atoms with Crippen molar-refractivity contribution in [2.75, 3.05) is 27.4 Å². The number of nitrogens with one attached hydrogen (secondary N) is 1. The second kappa shape index (κ2) is 35.4. The summed E-state index contributed by atoms with van der Waals surface area (Å²) < 4.78 is 33.1. The molecule has 2 aliphatic heterocycles. The first-order valence-corrected chi connectivity index (χ1v) is 48.5. The summed E-state index contributed by atoms with van der Waals surface area (Å²) in [5.74, 6) is 1.14. The molecule has 0 aromatic carbocycles. The summed E-state index contributed by atoms with van der Waals surface area (Å²) >= 11 is 0. The minimum atomic E-state index is -0.257. The molecule has 12 aromatic heterocycles. The molecule has 12 unspecified atom stereocenters. The molecule has 1 N–H and O–H groups in total. The Labute approximate surface area is 790 Å². The molecule has 0 amide bonds. The maximum absolute atomic E-state index is 13.2. The number of H-pyrrole nitrogens is 1. The van der Waals surface area contributed by atoms with Crippen LogP contribution in [0.5, 0.6) is 0 Å². The fraction of sp³-hybridized carbons (Fsp3) is 0.380. The Hall–Kier alpha value is -14.4. The summed E-state index contributed by atoms with van der Waals surface area (Å²) in [7, 11) is 3.52. The first-order valence-electron chi connectivity index (χ1n) is 48.5. The van der Waals surface area contributed by atoms with Gasteiger partial charge in [-0.15, -0.1) is 0 Å². The first-order chi connectivity index (χ1) is 67.4. The average Bonchev–Trinajstić information content (AvgIpc) is 1.61. The number of rotatable bonds is 13. The van der Waals surface area contributed by atoms with Crippen molar-refractivity contribution in [3.63, 3.8) is 0 Å². The smallest absolute Gasteiger partial charge is 0.195 e. The molecule has 137 heavy (non-hydrogen) atoms. The van der Waals surface area contributed by atoms with E-state index in [1.165, 1.54) is 73.6 Å². The molecule has 15 aliphatic carbocycles. The van der Waals surface area contributed by atoms with Crippen LogP contribution in [-0.2, 0) is 18.9 Å². The number of pyridine rings is 6. The Morgan fingerprint density at radius 2 is 0.745 bits per heavy atom. The summed E-state index contributed by atoms with van der Waals surface area (Å²) in [6.07, 6.45) is 68.7. The third kappa shape index (κ3) is 14.3. The second-order valence-corrected chi connectivity index (χ2v) is 38.5. The molecule has 12 aromatic rings. The number of allylic oxidation sites excluding steroid dienone is 4. The third-order valence-corrected chi connectivity index (χ3v) is 31.3. The molecule has 684 valence electrons. The number of nitriles is 3. The predicted molar refractivity (Wildman–Crippen MR) is 508 cm³/mol. The Kier molecular flexibility index (Phi) is 22.1. The number of ether oxygens (including phenoxy) is 4. The molecule has 29 rings (SSSR count). The normalized spacial score (nSPS) is 23.6. The van der Waals surface area contributed by atoms with E-state index in [0.717, 1.165) is 201 Å². The zero-order chi connectivity index (χ0) is 92.4. The number of ketones is 4. The van der Waals surface area contributed by atoms with Crippen LogP contribution in [0.1, 0.15) is 334 Å². The first kappa shape index (κ1) is 85.5. The summed E-state index contributed by atoms with van der Waals surface area (Å²) in [4.78, 5) is 77.7. The molecule has 5 fully saturated rings. The van der Waals surface area contributed by atoms with Crippen LogP contribution in [0.4, 0.5) is 0 Å². The summed E-state index contributed by atoms with van der Waals surface area (Å²) in [6, 6.07) is 19.1. The number of Topliss-reactive ketones (excluding diaryl/α,β-unsaturated/α-hetero) is 4. The number of carbonyl (C=O) groups excluding carboxylic acids is 4. The van der Waals surface area contributed by atoms with Gasteiger partial charge in [0.05, 0.1) is 126 Å². The highest BCUT2D eigenvalue weighted by atomic mass is 16.5. The van der Waals surface area contributed by atoms with Crippen LogP contribution in [0.15, 0.2) is 147 Å². The lowest BCUT2D eigenvalue weighted by Crippen LogP contribution is -2.26. The van der Waals surface area contributed by atoms with Crippen molar-refractivity contribution in [1.82, 2.24) is 89.0 Å². The van der Waals surface area contributed by atoms with Gasteiger partial charge in [0.15, 0.2) is 23.1 Å². The number of methoxy groups -OCH3 is 2. The van der Waals surface area contributed by atoms with Crippen molar-refractivity contribution in [2.45, 2.75) is 213 Å². The van der Waals surface area contributed by atoms with Crippen molar-refractivity contribution < 1.29 is 38.1 Å². The van der Waals surface area contributed by atoms with E-state index in [4.69, 9.17) is 29.1 Å². The molecular formula is C108H99N21O8. The van der Waals surface area contributed by atoms with Crippen LogP contribution in [0.25, 0.3) is 103 Å². The van der Waals surface area contributed by atoms with E-state index < -0.39 is 0 Å². The molecule has 2 saturated heterocycles. The largest absolute Gasteiger partial charge is 0.374 e. The maximum atomic E-state index is 13.2. The minimum absolute atomic E-state index is 0.00607. The van der Waals surface area contributed by atoms with Crippen molar-refractivity contribution in [2.24, 2.45) is 17.8 Å². The number of hydrogen-bond donors (Lipinski definition) is 1. The van der Waals surface area contributed by atoms with Crippen LogP contribution in [0.2, 0.25) is 0 Å². The number of hydrogen-bond acceptors (Lipinski definition) is 23. The lowest BCUT2D eigenvalue weighted by Gasteiger charge is -2.28. The van der Waals surface area contributed by atoms with E-state index in [0.29, 0.717) is 59.8 Å². The molecule has 17 aliphatic rings. The summed E-state index contributed by atoms with van der Waals surface area (Å²) in [5, 5.41) is 58.3. The van der Waals surface area contributed by atoms with Gasteiger partial charge in [-0.2, -0.15) is 46.4 Å². The molecular weight excluding hydrogens is 1720 g/mol. The average molecular weight is 1820 g/mol. The molecule has 0 radical (unpaired) electrons. The number of fused-ring (bicyclic) bond motifs is 12. The molecule has 29 nitrogen and oxygen atoms in total. The fourth-order valence-electron chi connectivity index (χ4n) is 24.8. The van der Waals surface area contributed by atoms with E-state index in [-0.39, 0.29) is 101 Å². The van der Waals surface area contributed by atoms with Crippen molar-refractivity contribution >= 4 is 59.6 Å². The standard InChI is InChI=1S/3C20H18N4O.2C18H19N3O2.C12H7N3O/c2*21-9-7-17(12-3-1-2-4-12)24-11-15-13-8-10-22-16-6-5-14(18(13)16)20(25)19(15)23-24;21-9-7-17(12-3-1-2-4-12)24-19-15(11-23-24)13-8-10-22-16-6-5-14(18(13)16)20(19)25;2*1-22-18-12-5-6-14-16(12)11(7-8-19-14)13-10-21(20-17(13)18)15-4-2-3-9-23-15;16-12-7-1-2-9-10(7)6(3-4-13-9)8-5-14-15-11(8)12/h3*5-6,8,10-12,14,17H,1-4,7H2;2*5-8,10,12,15,18H,2-4,9H2,1H3;1-5,7H,(H,14,15)/t14?,17-;;;;;/m0...../s1. The van der Waals surface area contributed by atoms with Gasteiger partial charge in [0, 0.05) is 157 Å². The lowest BCUT2D eigenvalue weighted by atomic mass is 9.82. The van der Waals surface area contributed by atoms with Crippen LogP contribution >= 0.6 is 0 Å². The van der Waals surface area contributed by atoms with E-state index in [1.54, 1.807) is 51.4 Å². The number of aromatic amines is 1. The Morgan fingerprint density at radius 3 is 1.15 bits per heavy atom. The van der Waals surface area contributed by atoms with E-state index >= 15 is 0 Å². The van der Waals surface area contributed by atoms with Gasteiger partial charge in [0.25, 0.3) is 0 Å². The zero-order valence-electron chi connectivity index (χ0n) is 76.0.